The molecule has 2 N–H and O–H groups in total. The number of hydrogen-bond acceptors (Lipinski definition) is 4. The molecule has 124 valence electrons. The first-order valence-corrected chi connectivity index (χ1v) is 8.84. The summed E-state index contributed by atoms with van der Waals surface area (Å²) in [6, 6.07) is 4.71. The van der Waals surface area contributed by atoms with Crippen LogP contribution in [0.3, 0.4) is 0 Å². The van der Waals surface area contributed by atoms with E-state index < -0.39 is 10.0 Å². The van der Waals surface area contributed by atoms with Crippen LogP contribution in [0, 0.1) is 11.8 Å². The number of ether oxygens (including phenoxy) is 1. The van der Waals surface area contributed by atoms with E-state index in [1.54, 1.807) is 10.4 Å². The first kappa shape index (κ1) is 17.8. The highest BCUT2D eigenvalue weighted by molar-refractivity contribution is 7.89. The lowest BCUT2D eigenvalue weighted by Gasteiger charge is -2.35. The first-order chi connectivity index (χ1) is 9.93. The van der Waals surface area contributed by atoms with Gasteiger partial charge in [-0.05, 0) is 42.9 Å². The fraction of sp³-hybridized carbons (Fsp3) is 0.571. The number of nitrogens with two attached hydrogens (primary N) is 1. The van der Waals surface area contributed by atoms with Crippen molar-refractivity contribution in [2.45, 2.75) is 23.8 Å². The Labute approximate surface area is 142 Å². The number of rotatable bonds is 3. The van der Waals surface area contributed by atoms with Crippen LogP contribution in [-0.4, -0.2) is 39.0 Å². The normalized spacial score (nSPS) is 28.2. The van der Waals surface area contributed by atoms with Crippen molar-refractivity contribution in [3.8, 4) is 5.75 Å². The molecule has 22 heavy (non-hydrogen) atoms. The van der Waals surface area contributed by atoms with Crippen LogP contribution in [0.2, 0.25) is 5.02 Å². The molecule has 1 unspecified atom stereocenters. The molecule has 0 amide bonds. The molecular weight excluding hydrogens is 347 g/mol. The van der Waals surface area contributed by atoms with Gasteiger partial charge in [-0.25, -0.2) is 8.42 Å². The third kappa shape index (κ3) is 2.95. The molecule has 1 aromatic rings. The number of benzene rings is 1. The van der Waals surface area contributed by atoms with Crippen LogP contribution in [0.5, 0.6) is 5.75 Å². The molecule has 0 aromatic heterocycles. The zero-order chi connectivity index (χ0) is 15.2. The van der Waals surface area contributed by atoms with E-state index in [0.29, 0.717) is 23.9 Å². The molecule has 2 aliphatic rings. The van der Waals surface area contributed by atoms with Gasteiger partial charge in [0.05, 0.1) is 17.0 Å². The third-order valence-electron chi connectivity index (χ3n) is 4.63. The Balaban J connectivity index is 0.00000176. The zero-order valence-electron chi connectivity index (χ0n) is 12.2. The molecule has 1 aliphatic heterocycles. The van der Waals surface area contributed by atoms with Gasteiger partial charge in [0.25, 0.3) is 0 Å². The fourth-order valence-electron chi connectivity index (χ4n) is 3.37. The maximum Gasteiger partial charge on any atom is 0.243 e. The number of halogens is 2. The van der Waals surface area contributed by atoms with Gasteiger partial charge in [0.15, 0.2) is 0 Å². The van der Waals surface area contributed by atoms with Crippen molar-refractivity contribution < 1.29 is 13.2 Å². The molecule has 1 saturated heterocycles. The highest BCUT2D eigenvalue weighted by Crippen LogP contribution is 2.38. The van der Waals surface area contributed by atoms with E-state index >= 15 is 0 Å². The van der Waals surface area contributed by atoms with Crippen molar-refractivity contribution in [1.29, 1.82) is 0 Å². The zero-order valence-corrected chi connectivity index (χ0v) is 14.6. The predicted octanol–water partition coefficient (Wildman–Crippen LogP) is 2.13. The minimum absolute atomic E-state index is 0. The summed E-state index contributed by atoms with van der Waals surface area (Å²) in [4.78, 5) is 0.211. The Morgan fingerprint density at radius 2 is 1.86 bits per heavy atom. The summed E-state index contributed by atoms with van der Waals surface area (Å²) in [5.74, 6) is 1.01. The summed E-state index contributed by atoms with van der Waals surface area (Å²) in [5.41, 5.74) is 6.13. The second kappa shape index (κ2) is 6.53. The quantitative estimate of drug-likeness (QED) is 0.888. The molecular formula is C14H20Cl2N2O3S. The molecule has 1 aromatic carbocycles. The topological polar surface area (TPSA) is 72.6 Å². The van der Waals surface area contributed by atoms with Gasteiger partial charge in [0.1, 0.15) is 5.75 Å². The fourth-order valence-corrected chi connectivity index (χ4v) is 5.28. The Kier molecular flexibility index (Phi) is 5.29. The van der Waals surface area contributed by atoms with Crippen molar-refractivity contribution in [3.63, 3.8) is 0 Å². The minimum Gasteiger partial charge on any atom is -0.495 e. The van der Waals surface area contributed by atoms with Gasteiger partial charge in [-0.15, -0.1) is 12.4 Å². The lowest BCUT2D eigenvalue weighted by molar-refractivity contribution is 0.228. The Morgan fingerprint density at radius 1 is 1.27 bits per heavy atom. The van der Waals surface area contributed by atoms with E-state index in [-0.39, 0.29) is 35.2 Å². The van der Waals surface area contributed by atoms with E-state index in [9.17, 15) is 8.42 Å². The van der Waals surface area contributed by atoms with Crippen molar-refractivity contribution in [2.24, 2.45) is 17.6 Å². The summed E-state index contributed by atoms with van der Waals surface area (Å²) < 4.78 is 32.1. The highest BCUT2D eigenvalue weighted by Gasteiger charge is 2.43. The van der Waals surface area contributed by atoms with Crippen LogP contribution in [-0.2, 0) is 10.0 Å². The van der Waals surface area contributed by atoms with Crippen LogP contribution in [0.15, 0.2) is 23.1 Å². The second-order valence-corrected chi connectivity index (χ2v) is 8.14. The summed E-state index contributed by atoms with van der Waals surface area (Å²) in [5, 5.41) is 0.301. The minimum atomic E-state index is -3.52. The number of piperidine rings is 1. The molecule has 0 spiro atoms. The molecule has 3 rings (SSSR count). The number of nitrogens with zero attached hydrogens (tertiary/aromatic N) is 1. The molecule has 5 nitrogen and oxygen atoms in total. The van der Waals surface area contributed by atoms with E-state index in [0.717, 1.165) is 12.8 Å². The Bertz CT molecular complexity index is 639. The summed E-state index contributed by atoms with van der Waals surface area (Å²) in [6.45, 7) is 1.01. The number of methoxy groups -OCH3 is 1. The standard InChI is InChI=1S/C14H19ClN2O3S.ClH/c1-20-13-5-4-11(6-12(13)15)21(18,19)17-7-9-2-3-10(8-17)14(9)16;/h4-6,9-10,14H,2-3,7-8,16H2,1H3;1H/t9-,10+,14?;. The van der Waals surface area contributed by atoms with Gasteiger partial charge >= 0.3 is 0 Å². The summed E-state index contributed by atoms with van der Waals surface area (Å²) in [6.07, 6.45) is 2.03. The van der Waals surface area contributed by atoms with Crippen LogP contribution in [0.1, 0.15) is 12.8 Å². The Morgan fingerprint density at radius 3 is 2.36 bits per heavy atom. The first-order valence-electron chi connectivity index (χ1n) is 7.02. The van der Waals surface area contributed by atoms with Crippen molar-refractivity contribution >= 4 is 34.0 Å². The highest BCUT2D eigenvalue weighted by atomic mass is 35.5. The average Bonchev–Trinajstić information content (AvgIpc) is 2.67. The smallest absolute Gasteiger partial charge is 0.243 e. The van der Waals surface area contributed by atoms with Gasteiger partial charge in [-0.2, -0.15) is 4.31 Å². The molecule has 2 bridgehead atoms. The Hall–Kier alpha value is -0.530. The van der Waals surface area contributed by atoms with Gasteiger partial charge < -0.3 is 10.5 Å². The second-order valence-electron chi connectivity index (χ2n) is 5.79. The van der Waals surface area contributed by atoms with E-state index in [1.807, 2.05) is 0 Å². The van der Waals surface area contributed by atoms with Crippen molar-refractivity contribution in [1.82, 2.24) is 4.31 Å². The number of fused-ring (bicyclic) bond motifs is 2. The maximum absolute atomic E-state index is 12.8. The lowest BCUT2D eigenvalue weighted by Crippen LogP contribution is -2.50. The summed E-state index contributed by atoms with van der Waals surface area (Å²) >= 11 is 6.04. The van der Waals surface area contributed by atoms with Gasteiger partial charge in [-0.1, -0.05) is 11.6 Å². The molecule has 1 aliphatic carbocycles. The van der Waals surface area contributed by atoms with Crippen LogP contribution in [0.25, 0.3) is 0 Å². The number of sulfonamides is 1. The number of hydrogen-bond donors (Lipinski definition) is 1. The van der Waals surface area contributed by atoms with Gasteiger partial charge in [0.2, 0.25) is 10.0 Å². The van der Waals surface area contributed by atoms with Crippen LogP contribution >= 0.6 is 24.0 Å². The predicted molar refractivity (Wildman–Crippen MR) is 88.2 cm³/mol. The van der Waals surface area contributed by atoms with Crippen LogP contribution < -0.4 is 10.5 Å². The van der Waals surface area contributed by atoms with Crippen LogP contribution in [0.4, 0.5) is 0 Å². The molecule has 2 fully saturated rings. The van der Waals surface area contributed by atoms with Crippen molar-refractivity contribution in [2.75, 3.05) is 20.2 Å². The van der Waals surface area contributed by atoms with Gasteiger partial charge in [0, 0.05) is 19.1 Å². The monoisotopic (exact) mass is 366 g/mol. The molecule has 3 atom stereocenters. The summed E-state index contributed by atoms with van der Waals surface area (Å²) in [7, 11) is -2.02. The third-order valence-corrected chi connectivity index (χ3v) is 6.76. The molecule has 0 radical (unpaired) electrons. The molecule has 1 heterocycles. The molecule has 1 saturated carbocycles. The largest absolute Gasteiger partial charge is 0.495 e. The lowest BCUT2D eigenvalue weighted by atomic mass is 9.95. The SMILES string of the molecule is COc1ccc(S(=O)(=O)N2C[C@H]3CC[C@@H](C2)C3N)cc1Cl.Cl. The van der Waals surface area contributed by atoms with Crippen molar-refractivity contribution in [3.05, 3.63) is 23.2 Å². The van der Waals surface area contributed by atoms with E-state index in [2.05, 4.69) is 0 Å². The van der Waals surface area contributed by atoms with E-state index in [1.165, 1.54) is 19.2 Å². The van der Waals surface area contributed by atoms with E-state index in [4.69, 9.17) is 22.1 Å². The molecule has 8 heteroatoms. The maximum atomic E-state index is 12.8. The van der Waals surface area contributed by atoms with Gasteiger partial charge in [-0.3, -0.25) is 0 Å². The average molecular weight is 367 g/mol.